The Morgan fingerprint density at radius 3 is 2.16 bits per heavy atom. The molecule has 0 spiro atoms. The molecule has 9 heteroatoms. The Hall–Kier alpha value is -4.11. The van der Waals surface area contributed by atoms with Crippen molar-refractivity contribution in [2.75, 3.05) is 35.4 Å². The Morgan fingerprint density at radius 1 is 0.895 bits per heavy atom. The monoisotopic (exact) mass is 529 g/mol. The van der Waals surface area contributed by atoms with Crippen LogP contribution in [0.3, 0.4) is 0 Å². The third kappa shape index (κ3) is 5.43. The number of piperazine rings is 1. The average molecular weight is 530 g/mol. The highest BCUT2D eigenvalue weighted by Crippen LogP contribution is 2.26. The molecule has 0 unspecified atom stereocenters. The summed E-state index contributed by atoms with van der Waals surface area (Å²) in [6, 6.07) is 24.8. The smallest absolute Gasteiger partial charge is 0.283 e. The van der Waals surface area contributed by atoms with E-state index in [0.717, 1.165) is 29.9 Å². The van der Waals surface area contributed by atoms with Crippen molar-refractivity contribution < 1.29 is 13.2 Å². The average Bonchev–Trinajstić information content (AvgIpc) is 3.40. The third-order valence-corrected chi connectivity index (χ3v) is 8.43. The number of amides is 1. The number of aromatic nitrogens is 2. The number of benzene rings is 3. The van der Waals surface area contributed by atoms with E-state index < -0.39 is 10.0 Å². The van der Waals surface area contributed by atoms with Crippen molar-refractivity contribution in [3.8, 4) is 0 Å². The molecule has 196 valence electrons. The maximum Gasteiger partial charge on any atom is 0.283 e. The summed E-state index contributed by atoms with van der Waals surface area (Å²) in [5.41, 5.74) is 4.12. The van der Waals surface area contributed by atoms with Crippen molar-refractivity contribution in [1.29, 1.82) is 0 Å². The quantitative estimate of drug-likeness (QED) is 0.360. The topological polar surface area (TPSA) is 78.8 Å². The summed E-state index contributed by atoms with van der Waals surface area (Å²) >= 11 is 0. The lowest BCUT2D eigenvalue weighted by Crippen LogP contribution is -2.48. The molecule has 1 fully saturated rings. The Bertz CT molecular complexity index is 1490. The number of sulfonamides is 1. The minimum Gasteiger partial charge on any atom is -0.368 e. The van der Waals surface area contributed by atoms with Crippen LogP contribution >= 0.6 is 0 Å². The van der Waals surface area contributed by atoms with E-state index >= 15 is 0 Å². The SMILES string of the molecule is Cc1ccc(CN(c2ccc(C(=O)N3CCN(c4ccccc4)CC3)cc2)S(=O)(=O)c2cn(C)cn2)cc1. The van der Waals surface area contributed by atoms with Crippen molar-refractivity contribution in [3.05, 3.63) is 108 Å². The Kier molecular flexibility index (Phi) is 7.20. The van der Waals surface area contributed by atoms with Gasteiger partial charge in [0.2, 0.25) is 0 Å². The van der Waals surface area contributed by atoms with Crippen molar-refractivity contribution in [1.82, 2.24) is 14.5 Å². The zero-order valence-corrected chi connectivity index (χ0v) is 22.4. The van der Waals surface area contributed by atoms with Gasteiger partial charge in [-0.1, -0.05) is 48.0 Å². The van der Waals surface area contributed by atoms with Gasteiger partial charge in [-0.15, -0.1) is 0 Å². The lowest BCUT2D eigenvalue weighted by atomic mass is 10.1. The standard InChI is InChI=1S/C29H31N5O3S/c1-23-8-10-24(11-9-23)20-34(38(36,37)28-21-31(2)22-30-28)27-14-12-25(13-15-27)29(35)33-18-16-32(17-19-33)26-6-4-3-5-7-26/h3-15,21-22H,16-20H2,1-2H3. The van der Waals surface area contributed by atoms with Gasteiger partial charge in [0.25, 0.3) is 15.9 Å². The summed E-state index contributed by atoms with van der Waals surface area (Å²) in [5.74, 6) is -0.0538. The molecular weight excluding hydrogens is 498 g/mol. The normalized spacial score (nSPS) is 13.9. The summed E-state index contributed by atoms with van der Waals surface area (Å²) in [6.07, 6.45) is 2.96. The molecule has 0 N–H and O–H groups in total. The zero-order chi connectivity index (χ0) is 26.7. The molecule has 2 heterocycles. The van der Waals surface area contributed by atoms with Gasteiger partial charge in [0, 0.05) is 50.7 Å². The molecule has 5 rings (SSSR count). The highest BCUT2D eigenvalue weighted by molar-refractivity contribution is 7.92. The van der Waals surface area contributed by atoms with Crippen LogP contribution < -0.4 is 9.21 Å². The maximum atomic E-state index is 13.6. The fraction of sp³-hybridized carbons (Fsp3) is 0.241. The number of hydrogen-bond donors (Lipinski definition) is 0. The van der Waals surface area contributed by atoms with Crippen molar-refractivity contribution in [2.24, 2.45) is 7.05 Å². The second-order valence-electron chi connectivity index (χ2n) is 9.54. The van der Waals surface area contributed by atoms with Crippen LogP contribution in [0.15, 0.2) is 96.4 Å². The van der Waals surface area contributed by atoms with E-state index in [0.29, 0.717) is 24.3 Å². The van der Waals surface area contributed by atoms with Crippen LogP contribution in [0.1, 0.15) is 21.5 Å². The summed E-state index contributed by atoms with van der Waals surface area (Å²) in [5, 5.41) is -0.0245. The molecule has 0 bridgehead atoms. The maximum absolute atomic E-state index is 13.6. The molecule has 1 aliphatic heterocycles. The number of nitrogens with zero attached hydrogens (tertiary/aromatic N) is 5. The predicted molar refractivity (Wildman–Crippen MR) is 149 cm³/mol. The second kappa shape index (κ2) is 10.7. The fourth-order valence-electron chi connectivity index (χ4n) is 4.57. The Labute approximate surface area is 223 Å². The highest BCUT2D eigenvalue weighted by atomic mass is 32.2. The number of carbonyl (C=O) groups is 1. The van der Waals surface area contributed by atoms with Crippen LogP contribution in [0.4, 0.5) is 11.4 Å². The molecule has 1 aromatic heterocycles. The summed E-state index contributed by atoms with van der Waals surface area (Å²) in [6.45, 7) is 4.92. The second-order valence-corrected chi connectivity index (χ2v) is 11.3. The van der Waals surface area contributed by atoms with Crippen molar-refractivity contribution in [2.45, 2.75) is 18.5 Å². The number of hydrogen-bond acceptors (Lipinski definition) is 5. The first-order valence-corrected chi connectivity index (χ1v) is 14.0. The van der Waals surface area contributed by atoms with E-state index in [-0.39, 0.29) is 17.5 Å². The molecule has 38 heavy (non-hydrogen) atoms. The molecule has 3 aromatic carbocycles. The van der Waals surface area contributed by atoms with E-state index in [9.17, 15) is 13.2 Å². The van der Waals surface area contributed by atoms with Crippen molar-refractivity contribution in [3.63, 3.8) is 0 Å². The van der Waals surface area contributed by atoms with Crippen LogP contribution in [0, 0.1) is 6.92 Å². The van der Waals surface area contributed by atoms with E-state index in [2.05, 4.69) is 22.0 Å². The lowest BCUT2D eigenvalue weighted by molar-refractivity contribution is 0.0747. The molecule has 1 aliphatic rings. The first-order valence-electron chi connectivity index (χ1n) is 12.6. The largest absolute Gasteiger partial charge is 0.368 e. The summed E-state index contributed by atoms with van der Waals surface area (Å²) in [7, 11) is -2.19. The van der Waals surface area contributed by atoms with Gasteiger partial charge in [-0.05, 0) is 48.9 Å². The van der Waals surface area contributed by atoms with Gasteiger partial charge in [0.15, 0.2) is 5.03 Å². The molecule has 1 saturated heterocycles. The molecule has 4 aromatic rings. The minimum absolute atomic E-state index is 0.0245. The van der Waals surface area contributed by atoms with Crippen LogP contribution in [0.5, 0.6) is 0 Å². The zero-order valence-electron chi connectivity index (χ0n) is 21.6. The molecule has 1 amide bonds. The van der Waals surface area contributed by atoms with Gasteiger partial charge in [0.05, 0.1) is 18.6 Å². The van der Waals surface area contributed by atoms with Gasteiger partial charge in [-0.3, -0.25) is 9.10 Å². The Balaban J connectivity index is 1.35. The summed E-state index contributed by atoms with van der Waals surface area (Å²) < 4.78 is 30.2. The predicted octanol–water partition coefficient (Wildman–Crippen LogP) is 4.09. The van der Waals surface area contributed by atoms with E-state index in [4.69, 9.17) is 0 Å². The number of aryl methyl sites for hydroxylation is 2. The van der Waals surface area contributed by atoms with Crippen molar-refractivity contribution >= 4 is 27.3 Å². The van der Waals surface area contributed by atoms with Crippen LogP contribution in [0.2, 0.25) is 0 Å². The first kappa shape index (κ1) is 25.5. The number of para-hydroxylation sites is 1. The molecule has 0 saturated carbocycles. The van der Waals surface area contributed by atoms with Crippen LogP contribution in [0.25, 0.3) is 0 Å². The number of anilines is 2. The summed E-state index contributed by atoms with van der Waals surface area (Å²) in [4.78, 5) is 21.5. The van der Waals surface area contributed by atoms with Crippen LogP contribution in [-0.4, -0.2) is 55.0 Å². The lowest BCUT2D eigenvalue weighted by Gasteiger charge is -2.36. The minimum atomic E-state index is -3.93. The third-order valence-electron chi connectivity index (χ3n) is 6.77. The molecule has 0 radical (unpaired) electrons. The van der Waals surface area contributed by atoms with Gasteiger partial charge >= 0.3 is 0 Å². The van der Waals surface area contributed by atoms with E-state index in [1.54, 1.807) is 35.9 Å². The molecular formula is C29H31N5O3S. The van der Waals surface area contributed by atoms with Gasteiger partial charge in [-0.2, -0.15) is 8.42 Å². The molecule has 8 nitrogen and oxygen atoms in total. The number of rotatable bonds is 7. The first-order chi connectivity index (χ1) is 18.3. The fourth-order valence-corrected chi connectivity index (χ4v) is 5.99. The Morgan fingerprint density at radius 2 is 1.55 bits per heavy atom. The molecule has 0 atom stereocenters. The van der Waals surface area contributed by atoms with Gasteiger partial charge < -0.3 is 14.4 Å². The van der Waals surface area contributed by atoms with Gasteiger partial charge in [-0.25, -0.2) is 4.98 Å². The van der Waals surface area contributed by atoms with E-state index in [1.807, 2.05) is 54.3 Å². The molecule has 0 aliphatic carbocycles. The number of carbonyl (C=O) groups excluding carboxylic acids is 1. The van der Waals surface area contributed by atoms with E-state index in [1.165, 1.54) is 16.8 Å². The van der Waals surface area contributed by atoms with Crippen LogP contribution in [-0.2, 0) is 23.6 Å². The highest BCUT2D eigenvalue weighted by Gasteiger charge is 2.28. The van der Waals surface area contributed by atoms with Gasteiger partial charge in [0.1, 0.15) is 0 Å². The number of imidazole rings is 1.